The molecule has 0 fully saturated rings. The fourth-order valence-corrected chi connectivity index (χ4v) is 9.61. The van der Waals surface area contributed by atoms with Crippen LogP contribution >= 0.6 is 22.7 Å². The maximum Gasteiger partial charge on any atom is 0.312 e. The minimum absolute atomic E-state index is 0.311. The lowest BCUT2D eigenvalue weighted by Crippen LogP contribution is -2.52. The molecule has 3 aliphatic heterocycles. The van der Waals surface area contributed by atoms with Crippen LogP contribution in [0.2, 0.25) is 0 Å². The van der Waals surface area contributed by atoms with Crippen molar-refractivity contribution in [1.82, 2.24) is 0 Å². The van der Waals surface area contributed by atoms with E-state index in [1.54, 1.807) is 4.88 Å². The summed E-state index contributed by atoms with van der Waals surface area (Å²) >= 11 is 4.03. The van der Waals surface area contributed by atoms with E-state index in [1.165, 1.54) is 70.6 Å². The Morgan fingerprint density at radius 2 is 1.49 bits per heavy atom. The molecule has 6 aromatic rings. The number of fused-ring (bicyclic) bond motifs is 12. The van der Waals surface area contributed by atoms with Gasteiger partial charge in [0.2, 0.25) is 0 Å². The van der Waals surface area contributed by atoms with Gasteiger partial charge in [0.1, 0.15) is 0 Å². The lowest BCUT2D eigenvalue weighted by atomic mass is 9.42. The first-order chi connectivity index (χ1) is 17.4. The highest BCUT2D eigenvalue weighted by atomic mass is 32.1. The third-order valence-electron chi connectivity index (χ3n) is 8.32. The summed E-state index contributed by atoms with van der Waals surface area (Å²) in [4.78, 5) is 4.31. The Morgan fingerprint density at radius 1 is 0.714 bits per heavy atom. The molecule has 0 unspecified atom stereocenters. The number of thiophene rings is 2. The molecule has 1 nitrogen and oxygen atoms in total. The van der Waals surface area contributed by atoms with E-state index in [-0.39, 0.29) is 0 Å². The molecule has 4 aromatic carbocycles. The average molecular weight is 481 g/mol. The van der Waals surface area contributed by atoms with Crippen molar-refractivity contribution in [3.63, 3.8) is 0 Å². The molecule has 1 atom stereocenters. The van der Waals surface area contributed by atoms with Crippen LogP contribution in [0.4, 0.5) is 11.4 Å². The Bertz CT molecular complexity index is 1840. The van der Waals surface area contributed by atoms with Crippen LogP contribution < -0.4 is 9.59 Å². The normalized spacial score (nSPS) is 17.1. The van der Waals surface area contributed by atoms with E-state index in [0.717, 1.165) is 6.42 Å². The Labute approximate surface area is 212 Å². The smallest absolute Gasteiger partial charge is 0.312 e. The van der Waals surface area contributed by atoms with Crippen LogP contribution in [0.5, 0.6) is 0 Å². The average Bonchev–Trinajstić information content (AvgIpc) is 3.42. The SMILES string of the molecule is c1ccc2c(c1)-c1c(sc3ccccc13)B1[C@H]2CCc2sc3cccc4c3c2N1c1ccccc1-4. The second-order valence-corrected chi connectivity index (χ2v) is 12.2. The number of para-hydroxylation sites is 1. The molecule has 0 saturated carbocycles. The van der Waals surface area contributed by atoms with Crippen molar-refractivity contribution in [2.24, 2.45) is 0 Å². The molecule has 164 valence electrons. The van der Waals surface area contributed by atoms with Gasteiger partial charge in [-0.15, -0.1) is 22.7 Å². The van der Waals surface area contributed by atoms with Gasteiger partial charge in [-0.3, -0.25) is 0 Å². The number of anilines is 2. The topological polar surface area (TPSA) is 3.24 Å². The molecule has 0 amide bonds. The maximum atomic E-state index is 2.76. The summed E-state index contributed by atoms with van der Waals surface area (Å²) in [6.45, 7) is 0.311. The Balaban J connectivity index is 1.44. The van der Waals surface area contributed by atoms with E-state index in [2.05, 4.69) is 95.8 Å². The summed E-state index contributed by atoms with van der Waals surface area (Å²) in [5.74, 6) is 0.472. The van der Waals surface area contributed by atoms with Gasteiger partial charge in [0, 0.05) is 35.7 Å². The molecule has 0 bridgehead atoms. The number of benzene rings is 4. The van der Waals surface area contributed by atoms with Crippen molar-refractivity contribution in [3.8, 4) is 22.3 Å². The van der Waals surface area contributed by atoms with E-state index in [4.69, 9.17) is 0 Å². The highest BCUT2D eigenvalue weighted by Gasteiger charge is 2.48. The second kappa shape index (κ2) is 6.66. The van der Waals surface area contributed by atoms with Gasteiger partial charge in [-0.25, -0.2) is 0 Å². The first-order valence-electron chi connectivity index (χ1n) is 12.4. The highest BCUT2D eigenvalue weighted by molar-refractivity contribution is 7.31. The maximum absolute atomic E-state index is 2.76. The molecule has 0 aliphatic carbocycles. The van der Waals surface area contributed by atoms with Crippen LogP contribution in [0.25, 0.3) is 42.4 Å². The van der Waals surface area contributed by atoms with Crippen molar-refractivity contribution >= 4 is 65.8 Å². The largest absolute Gasteiger partial charge is 0.378 e. The lowest BCUT2D eigenvalue weighted by Gasteiger charge is -2.41. The van der Waals surface area contributed by atoms with Crippen molar-refractivity contribution in [2.75, 3.05) is 4.81 Å². The van der Waals surface area contributed by atoms with Crippen LogP contribution in [0.3, 0.4) is 0 Å². The Kier molecular flexibility index (Phi) is 3.60. The molecule has 9 rings (SSSR count). The third-order valence-corrected chi connectivity index (χ3v) is 10.8. The summed E-state index contributed by atoms with van der Waals surface area (Å²) in [6, 6.07) is 34.2. The van der Waals surface area contributed by atoms with E-state index in [0.29, 0.717) is 12.7 Å². The number of hydrogen-bond acceptors (Lipinski definition) is 3. The molecule has 4 heteroatoms. The summed E-state index contributed by atoms with van der Waals surface area (Å²) in [7, 11) is 0. The van der Waals surface area contributed by atoms with Gasteiger partial charge in [0.05, 0.1) is 5.69 Å². The molecule has 0 N–H and O–H groups in total. The number of rotatable bonds is 0. The zero-order valence-electron chi connectivity index (χ0n) is 19.0. The minimum Gasteiger partial charge on any atom is -0.378 e. The van der Waals surface area contributed by atoms with Gasteiger partial charge in [-0.05, 0) is 64.5 Å². The fraction of sp³-hybridized carbons (Fsp3) is 0.0968. The van der Waals surface area contributed by atoms with Crippen LogP contribution in [0, 0.1) is 0 Å². The number of nitrogens with zero attached hydrogens (tertiary/aromatic N) is 1. The molecule has 3 aliphatic rings. The molecular formula is C31H20BNS2. The molecule has 0 radical (unpaired) electrons. The monoisotopic (exact) mass is 481 g/mol. The third kappa shape index (κ3) is 2.30. The first-order valence-corrected chi connectivity index (χ1v) is 14.1. The second-order valence-electron chi connectivity index (χ2n) is 9.95. The molecule has 2 aromatic heterocycles. The van der Waals surface area contributed by atoms with E-state index < -0.39 is 0 Å². The molecular weight excluding hydrogens is 461 g/mol. The predicted molar refractivity (Wildman–Crippen MR) is 153 cm³/mol. The van der Waals surface area contributed by atoms with E-state index in [1.807, 2.05) is 22.7 Å². The Morgan fingerprint density at radius 3 is 2.46 bits per heavy atom. The molecule has 5 heterocycles. The van der Waals surface area contributed by atoms with Gasteiger partial charge < -0.3 is 4.81 Å². The molecule has 0 saturated heterocycles. The fourth-order valence-electron chi connectivity index (χ4n) is 7.00. The van der Waals surface area contributed by atoms with Gasteiger partial charge in [0.25, 0.3) is 0 Å². The van der Waals surface area contributed by atoms with E-state index >= 15 is 0 Å². The van der Waals surface area contributed by atoms with Crippen molar-refractivity contribution in [1.29, 1.82) is 0 Å². The summed E-state index contributed by atoms with van der Waals surface area (Å²) in [5.41, 5.74) is 10.1. The standard InChI is InChI=1S/C31H20BNS2/c1-2-10-20-18(8-1)23-16-17-27-30-29-21(12-7-15-26(29)34-27)19-9-3-5-13-24(19)33(30)32(23)31-28(20)22-11-4-6-14-25(22)35-31/h1-15,23H,16-17H2/t23-/m0/s1. The first kappa shape index (κ1) is 18.9. The zero-order chi connectivity index (χ0) is 22.7. The highest BCUT2D eigenvalue weighted by Crippen LogP contribution is 2.57. The van der Waals surface area contributed by atoms with Crippen LogP contribution in [-0.2, 0) is 6.42 Å². The van der Waals surface area contributed by atoms with Crippen molar-refractivity contribution in [3.05, 3.63) is 101 Å². The van der Waals surface area contributed by atoms with Crippen LogP contribution in [-0.4, -0.2) is 6.85 Å². The summed E-state index contributed by atoms with van der Waals surface area (Å²) in [6.07, 6.45) is 2.33. The van der Waals surface area contributed by atoms with Gasteiger partial charge >= 0.3 is 6.85 Å². The van der Waals surface area contributed by atoms with Gasteiger partial charge in [0.15, 0.2) is 0 Å². The quantitative estimate of drug-likeness (QED) is 0.197. The lowest BCUT2D eigenvalue weighted by molar-refractivity contribution is 0.795. The van der Waals surface area contributed by atoms with Crippen LogP contribution in [0.1, 0.15) is 22.7 Å². The molecule has 0 spiro atoms. The van der Waals surface area contributed by atoms with E-state index in [9.17, 15) is 0 Å². The van der Waals surface area contributed by atoms with Crippen LogP contribution in [0.15, 0.2) is 91.0 Å². The minimum atomic E-state index is 0.311. The predicted octanol–water partition coefficient (Wildman–Crippen LogP) is 8.38. The number of aryl methyl sites for hydroxylation is 1. The van der Waals surface area contributed by atoms with Crippen molar-refractivity contribution < 1.29 is 0 Å². The zero-order valence-corrected chi connectivity index (χ0v) is 20.6. The summed E-state index contributed by atoms with van der Waals surface area (Å²) < 4.78 is 4.37. The van der Waals surface area contributed by atoms with Gasteiger partial charge in [-0.1, -0.05) is 72.8 Å². The number of hydrogen-bond donors (Lipinski definition) is 0. The molecule has 35 heavy (non-hydrogen) atoms. The van der Waals surface area contributed by atoms with Gasteiger partial charge in [-0.2, -0.15) is 0 Å². The Hall–Kier alpha value is -3.34. The van der Waals surface area contributed by atoms with Crippen molar-refractivity contribution in [2.45, 2.75) is 18.7 Å². The summed E-state index contributed by atoms with van der Waals surface area (Å²) in [5, 5.41) is 2.87.